The van der Waals surface area contributed by atoms with E-state index in [0.717, 1.165) is 17.7 Å². The predicted molar refractivity (Wildman–Crippen MR) is 110 cm³/mol. The van der Waals surface area contributed by atoms with E-state index in [2.05, 4.69) is 10.1 Å². The van der Waals surface area contributed by atoms with Gasteiger partial charge in [0.25, 0.3) is 0 Å². The lowest BCUT2D eigenvalue weighted by Gasteiger charge is -2.10. The average molecular weight is 419 g/mol. The summed E-state index contributed by atoms with van der Waals surface area (Å²) in [4.78, 5) is 29.0. The molecule has 8 heteroatoms. The maximum absolute atomic E-state index is 13.9. The van der Waals surface area contributed by atoms with Gasteiger partial charge < -0.3 is 9.47 Å². The molecule has 4 aromatic rings. The molecule has 2 aromatic carbocycles. The van der Waals surface area contributed by atoms with Crippen molar-refractivity contribution in [2.75, 3.05) is 13.2 Å². The molecule has 0 aliphatic heterocycles. The fraction of sp³-hybridized carbons (Fsp3) is 0.130. The molecule has 2 heterocycles. The van der Waals surface area contributed by atoms with Crippen molar-refractivity contribution in [3.8, 4) is 17.0 Å². The number of ether oxygens (including phenoxy) is 2. The standard InChI is InChI=1S/C23H18FN3O4/c1-2-30-22(28)14-31-20-9-8-16(24)12-17(20)23(29)18-10-11-27-21(25-18)13-19(26-27)15-6-4-3-5-7-15/h3-13H,2,14H2,1H3. The fourth-order valence-corrected chi connectivity index (χ4v) is 3.04. The van der Waals surface area contributed by atoms with E-state index in [9.17, 15) is 14.0 Å². The van der Waals surface area contributed by atoms with Gasteiger partial charge in [0.05, 0.1) is 17.9 Å². The number of carbonyl (C=O) groups excluding carboxylic acids is 2. The fourth-order valence-electron chi connectivity index (χ4n) is 3.04. The van der Waals surface area contributed by atoms with Gasteiger partial charge in [0.2, 0.25) is 5.78 Å². The number of hydrogen-bond donors (Lipinski definition) is 0. The average Bonchev–Trinajstić information content (AvgIpc) is 3.22. The molecule has 0 saturated carbocycles. The summed E-state index contributed by atoms with van der Waals surface area (Å²) in [6.07, 6.45) is 1.61. The normalized spacial score (nSPS) is 10.8. The molecular weight excluding hydrogens is 401 g/mol. The van der Waals surface area contributed by atoms with Crippen molar-refractivity contribution in [3.05, 3.63) is 83.9 Å². The summed E-state index contributed by atoms with van der Waals surface area (Å²) in [6, 6.07) is 16.3. The summed E-state index contributed by atoms with van der Waals surface area (Å²) < 4.78 is 25.6. The number of esters is 1. The lowest BCUT2D eigenvalue weighted by atomic mass is 10.1. The highest BCUT2D eigenvalue weighted by molar-refractivity contribution is 6.09. The van der Waals surface area contributed by atoms with Crippen LogP contribution in [0.4, 0.5) is 4.39 Å². The number of nitrogens with zero attached hydrogens (tertiary/aromatic N) is 3. The molecule has 0 atom stereocenters. The minimum atomic E-state index is -0.608. The van der Waals surface area contributed by atoms with E-state index in [1.54, 1.807) is 23.7 Å². The van der Waals surface area contributed by atoms with Gasteiger partial charge in [-0.25, -0.2) is 18.7 Å². The molecule has 0 amide bonds. The van der Waals surface area contributed by atoms with Crippen molar-refractivity contribution < 1.29 is 23.5 Å². The lowest BCUT2D eigenvalue weighted by Crippen LogP contribution is -2.16. The first-order valence-corrected chi connectivity index (χ1v) is 9.59. The highest BCUT2D eigenvalue weighted by Crippen LogP contribution is 2.24. The summed E-state index contributed by atoms with van der Waals surface area (Å²) >= 11 is 0. The molecule has 7 nitrogen and oxygen atoms in total. The van der Waals surface area contributed by atoms with E-state index in [0.29, 0.717) is 11.3 Å². The summed E-state index contributed by atoms with van der Waals surface area (Å²) in [6.45, 7) is 1.49. The van der Waals surface area contributed by atoms with Gasteiger partial charge in [0.1, 0.15) is 17.3 Å². The topological polar surface area (TPSA) is 82.8 Å². The van der Waals surface area contributed by atoms with Crippen LogP contribution in [-0.2, 0) is 9.53 Å². The molecular formula is C23H18FN3O4. The Hall–Kier alpha value is -4.07. The van der Waals surface area contributed by atoms with Crippen LogP contribution in [0.5, 0.6) is 5.75 Å². The number of benzene rings is 2. The molecule has 0 aliphatic rings. The van der Waals surface area contributed by atoms with E-state index in [-0.39, 0.29) is 23.6 Å². The largest absolute Gasteiger partial charge is 0.481 e. The van der Waals surface area contributed by atoms with Crippen LogP contribution in [0.3, 0.4) is 0 Å². The third kappa shape index (κ3) is 4.42. The molecule has 4 rings (SSSR count). The summed E-state index contributed by atoms with van der Waals surface area (Å²) in [7, 11) is 0. The first kappa shape index (κ1) is 20.2. The van der Waals surface area contributed by atoms with Crippen LogP contribution in [-0.4, -0.2) is 39.6 Å². The molecule has 0 aliphatic carbocycles. The number of halogens is 1. The SMILES string of the molecule is CCOC(=O)COc1ccc(F)cc1C(=O)c1ccn2nc(-c3ccccc3)cc2n1. The number of carbonyl (C=O) groups is 2. The number of aromatic nitrogens is 3. The second-order valence-electron chi connectivity index (χ2n) is 6.57. The molecule has 0 spiro atoms. The van der Waals surface area contributed by atoms with Crippen molar-refractivity contribution >= 4 is 17.4 Å². The lowest BCUT2D eigenvalue weighted by molar-refractivity contribution is -0.145. The van der Waals surface area contributed by atoms with Crippen molar-refractivity contribution in [1.82, 2.24) is 14.6 Å². The molecule has 0 fully saturated rings. The smallest absolute Gasteiger partial charge is 0.344 e. The van der Waals surface area contributed by atoms with E-state index < -0.39 is 24.2 Å². The molecule has 0 radical (unpaired) electrons. The van der Waals surface area contributed by atoms with Gasteiger partial charge in [-0.2, -0.15) is 5.10 Å². The number of rotatable bonds is 7. The Morgan fingerprint density at radius 3 is 2.65 bits per heavy atom. The minimum absolute atomic E-state index is 0.0380. The van der Waals surface area contributed by atoms with Crippen LogP contribution in [0.1, 0.15) is 23.0 Å². The molecule has 2 aromatic heterocycles. The van der Waals surface area contributed by atoms with E-state index in [4.69, 9.17) is 9.47 Å². The van der Waals surface area contributed by atoms with Crippen LogP contribution >= 0.6 is 0 Å². The zero-order chi connectivity index (χ0) is 21.8. The van der Waals surface area contributed by atoms with Gasteiger partial charge in [-0.05, 0) is 31.2 Å². The predicted octanol–water partition coefficient (Wildman–Crippen LogP) is 3.71. The molecule has 0 bridgehead atoms. The van der Waals surface area contributed by atoms with Crippen LogP contribution < -0.4 is 4.74 Å². The monoisotopic (exact) mass is 419 g/mol. The van der Waals surface area contributed by atoms with Gasteiger partial charge in [-0.3, -0.25) is 4.79 Å². The Morgan fingerprint density at radius 1 is 1.06 bits per heavy atom. The van der Waals surface area contributed by atoms with E-state index in [1.165, 1.54) is 12.1 Å². The Morgan fingerprint density at radius 2 is 1.87 bits per heavy atom. The van der Waals surface area contributed by atoms with Gasteiger partial charge >= 0.3 is 5.97 Å². The number of hydrogen-bond acceptors (Lipinski definition) is 6. The van der Waals surface area contributed by atoms with Gasteiger partial charge in [-0.15, -0.1) is 0 Å². The van der Waals surface area contributed by atoms with Crippen LogP contribution in [0.25, 0.3) is 16.9 Å². The zero-order valence-electron chi connectivity index (χ0n) is 16.6. The Bertz CT molecular complexity index is 1250. The summed E-state index contributed by atoms with van der Waals surface area (Å²) in [5.41, 5.74) is 2.15. The molecule has 156 valence electrons. The Balaban J connectivity index is 1.64. The maximum atomic E-state index is 13.9. The van der Waals surface area contributed by atoms with E-state index >= 15 is 0 Å². The first-order chi connectivity index (χ1) is 15.0. The molecule has 31 heavy (non-hydrogen) atoms. The first-order valence-electron chi connectivity index (χ1n) is 9.59. The van der Waals surface area contributed by atoms with Crippen LogP contribution in [0.2, 0.25) is 0 Å². The Labute approximate surface area is 177 Å². The maximum Gasteiger partial charge on any atom is 0.344 e. The molecule has 0 unspecified atom stereocenters. The highest BCUT2D eigenvalue weighted by atomic mass is 19.1. The van der Waals surface area contributed by atoms with Gasteiger partial charge in [0.15, 0.2) is 12.3 Å². The minimum Gasteiger partial charge on any atom is -0.481 e. The third-order valence-electron chi connectivity index (χ3n) is 4.46. The van der Waals surface area contributed by atoms with Crippen molar-refractivity contribution in [1.29, 1.82) is 0 Å². The highest BCUT2D eigenvalue weighted by Gasteiger charge is 2.19. The quantitative estimate of drug-likeness (QED) is 0.336. The summed E-state index contributed by atoms with van der Waals surface area (Å²) in [5, 5.41) is 4.46. The van der Waals surface area contributed by atoms with Gasteiger partial charge in [0, 0.05) is 17.8 Å². The van der Waals surface area contributed by atoms with Crippen LogP contribution in [0.15, 0.2) is 66.9 Å². The van der Waals surface area contributed by atoms with Crippen molar-refractivity contribution in [2.24, 2.45) is 0 Å². The Kier molecular flexibility index (Phi) is 5.70. The van der Waals surface area contributed by atoms with Crippen molar-refractivity contribution in [2.45, 2.75) is 6.92 Å². The second-order valence-corrected chi connectivity index (χ2v) is 6.57. The zero-order valence-corrected chi connectivity index (χ0v) is 16.6. The molecule has 0 saturated heterocycles. The van der Waals surface area contributed by atoms with Crippen LogP contribution in [0, 0.1) is 5.82 Å². The molecule has 0 N–H and O–H groups in total. The van der Waals surface area contributed by atoms with Crippen molar-refractivity contribution in [3.63, 3.8) is 0 Å². The third-order valence-corrected chi connectivity index (χ3v) is 4.46. The number of fused-ring (bicyclic) bond motifs is 1. The summed E-state index contributed by atoms with van der Waals surface area (Å²) in [5.74, 6) is -1.66. The van der Waals surface area contributed by atoms with E-state index in [1.807, 2.05) is 30.3 Å². The number of ketones is 1. The second kappa shape index (κ2) is 8.74. The van der Waals surface area contributed by atoms with Gasteiger partial charge in [-0.1, -0.05) is 30.3 Å².